The van der Waals surface area contributed by atoms with Gasteiger partial charge in [0.2, 0.25) is 0 Å². The first-order chi connectivity index (χ1) is 9.28. The SMILES string of the molecule is CCNC(CC)c1ccccc1N(CC)CCOC. The van der Waals surface area contributed by atoms with Crippen molar-refractivity contribution in [3.63, 3.8) is 0 Å². The molecule has 3 nitrogen and oxygen atoms in total. The van der Waals surface area contributed by atoms with E-state index in [1.165, 1.54) is 11.3 Å². The summed E-state index contributed by atoms with van der Waals surface area (Å²) in [5, 5.41) is 3.57. The highest BCUT2D eigenvalue weighted by atomic mass is 16.5. The Bertz CT molecular complexity index is 354. The van der Waals surface area contributed by atoms with E-state index in [2.05, 4.69) is 55.3 Å². The van der Waals surface area contributed by atoms with Gasteiger partial charge in [-0.15, -0.1) is 0 Å². The Kier molecular flexibility index (Phi) is 7.53. The Morgan fingerprint density at radius 3 is 2.53 bits per heavy atom. The number of hydrogen-bond donors (Lipinski definition) is 1. The van der Waals surface area contributed by atoms with Gasteiger partial charge in [-0.05, 0) is 31.5 Å². The highest BCUT2D eigenvalue weighted by molar-refractivity contribution is 5.55. The predicted octanol–water partition coefficient (Wildman–Crippen LogP) is 3.22. The predicted molar refractivity (Wildman–Crippen MR) is 82.9 cm³/mol. The standard InChI is InChI=1S/C16H28N2O/c1-5-15(17-6-2)14-10-8-9-11-16(14)18(7-3)12-13-19-4/h8-11,15,17H,5-7,12-13H2,1-4H3. The van der Waals surface area contributed by atoms with Crippen LogP contribution in [0, 0.1) is 0 Å². The number of methoxy groups -OCH3 is 1. The molecule has 0 fully saturated rings. The van der Waals surface area contributed by atoms with Gasteiger partial charge in [0, 0.05) is 31.9 Å². The molecule has 0 spiro atoms. The summed E-state index contributed by atoms with van der Waals surface area (Å²) in [6.45, 7) is 10.3. The summed E-state index contributed by atoms with van der Waals surface area (Å²) in [5.74, 6) is 0. The highest BCUT2D eigenvalue weighted by Crippen LogP contribution is 2.28. The topological polar surface area (TPSA) is 24.5 Å². The van der Waals surface area contributed by atoms with Crippen molar-refractivity contribution < 1.29 is 4.74 Å². The molecule has 0 aliphatic heterocycles. The third-order valence-electron chi connectivity index (χ3n) is 3.46. The van der Waals surface area contributed by atoms with Gasteiger partial charge in [0.25, 0.3) is 0 Å². The smallest absolute Gasteiger partial charge is 0.0637 e. The van der Waals surface area contributed by atoms with Crippen LogP contribution in [0.2, 0.25) is 0 Å². The van der Waals surface area contributed by atoms with Crippen LogP contribution in [-0.4, -0.2) is 33.4 Å². The zero-order valence-electron chi connectivity index (χ0n) is 12.8. The molecule has 1 rings (SSSR count). The van der Waals surface area contributed by atoms with Crippen LogP contribution in [-0.2, 0) is 4.74 Å². The summed E-state index contributed by atoms with van der Waals surface area (Å²) in [6.07, 6.45) is 1.10. The molecular formula is C16H28N2O. The molecule has 108 valence electrons. The Hall–Kier alpha value is -1.06. The minimum atomic E-state index is 0.429. The van der Waals surface area contributed by atoms with Crippen LogP contribution in [0.15, 0.2) is 24.3 Å². The number of hydrogen-bond acceptors (Lipinski definition) is 3. The molecular weight excluding hydrogens is 236 g/mol. The number of rotatable bonds is 9. The van der Waals surface area contributed by atoms with E-state index in [9.17, 15) is 0 Å². The molecule has 19 heavy (non-hydrogen) atoms. The fourth-order valence-corrected chi connectivity index (χ4v) is 2.44. The molecule has 0 saturated heterocycles. The molecule has 1 aromatic carbocycles. The Balaban J connectivity index is 2.97. The fraction of sp³-hybridized carbons (Fsp3) is 0.625. The third-order valence-corrected chi connectivity index (χ3v) is 3.46. The van der Waals surface area contributed by atoms with Gasteiger partial charge < -0.3 is 15.0 Å². The van der Waals surface area contributed by atoms with Crippen molar-refractivity contribution in [2.75, 3.05) is 38.3 Å². The number of ether oxygens (including phenoxy) is 1. The summed E-state index contributed by atoms with van der Waals surface area (Å²) in [6, 6.07) is 9.13. The molecule has 0 heterocycles. The molecule has 1 atom stereocenters. The summed E-state index contributed by atoms with van der Waals surface area (Å²) in [4.78, 5) is 2.39. The van der Waals surface area contributed by atoms with Crippen LogP contribution in [0.4, 0.5) is 5.69 Å². The second kappa shape index (κ2) is 8.94. The lowest BCUT2D eigenvalue weighted by Gasteiger charge is -2.28. The van der Waals surface area contributed by atoms with Gasteiger partial charge in [-0.3, -0.25) is 0 Å². The maximum absolute atomic E-state index is 5.21. The number of anilines is 1. The molecule has 0 aliphatic carbocycles. The van der Waals surface area contributed by atoms with Crippen molar-refractivity contribution in [2.24, 2.45) is 0 Å². The number of nitrogens with zero attached hydrogens (tertiary/aromatic N) is 1. The van der Waals surface area contributed by atoms with Crippen molar-refractivity contribution in [3.8, 4) is 0 Å². The molecule has 0 aliphatic rings. The Morgan fingerprint density at radius 2 is 1.95 bits per heavy atom. The van der Waals surface area contributed by atoms with Crippen molar-refractivity contribution in [1.29, 1.82) is 0 Å². The van der Waals surface area contributed by atoms with Crippen LogP contribution in [0.5, 0.6) is 0 Å². The van der Waals surface area contributed by atoms with Gasteiger partial charge >= 0.3 is 0 Å². The van der Waals surface area contributed by atoms with Crippen LogP contribution < -0.4 is 10.2 Å². The van der Waals surface area contributed by atoms with Gasteiger partial charge in [-0.2, -0.15) is 0 Å². The Labute approximate surface area is 118 Å². The van der Waals surface area contributed by atoms with Gasteiger partial charge in [0.05, 0.1) is 6.61 Å². The summed E-state index contributed by atoms with van der Waals surface area (Å²) in [5.41, 5.74) is 2.72. The largest absolute Gasteiger partial charge is 0.383 e. The lowest BCUT2D eigenvalue weighted by atomic mass is 10.0. The highest BCUT2D eigenvalue weighted by Gasteiger charge is 2.15. The van der Waals surface area contributed by atoms with Crippen LogP contribution >= 0.6 is 0 Å². The van der Waals surface area contributed by atoms with E-state index in [0.29, 0.717) is 6.04 Å². The van der Waals surface area contributed by atoms with Crippen molar-refractivity contribution >= 4 is 5.69 Å². The van der Waals surface area contributed by atoms with Crippen molar-refractivity contribution in [3.05, 3.63) is 29.8 Å². The van der Waals surface area contributed by atoms with Crippen LogP contribution in [0.3, 0.4) is 0 Å². The monoisotopic (exact) mass is 264 g/mol. The van der Waals surface area contributed by atoms with E-state index in [1.807, 2.05) is 0 Å². The zero-order chi connectivity index (χ0) is 14.1. The number of benzene rings is 1. The maximum Gasteiger partial charge on any atom is 0.0637 e. The zero-order valence-corrected chi connectivity index (χ0v) is 12.8. The molecule has 1 aromatic rings. The van der Waals surface area contributed by atoms with Crippen molar-refractivity contribution in [2.45, 2.75) is 33.2 Å². The first kappa shape index (κ1) is 16.0. The molecule has 0 aromatic heterocycles. The molecule has 1 unspecified atom stereocenters. The van der Waals surface area contributed by atoms with Crippen LogP contribution in [0.25, 0.3) is 0 Å². The van der Waals surface area contributed by atoms with Crippen molar-refractivity contribution in [1.82, 2.24) is 5.32 Å². The lowest BCUT2D eigenvalue weighted by molar-refractivity contribution is 0.205. The number of para-hydroxylation sites is 1. The van der Waals surface area contributed by atoms with E-state index < -0.39 is 0 Å². The molecule has 0 bridgehead atoms. The van der Waals surface area contributed by atoms with E-state index in [0.717, 1.165) is 32.7 Å². The summed E-state index contributed by atoms with van der Waals surface area (Å²) in [7, 11) is 1.76. The van der Waals surface area contributed by atoms with Gasteiger partial charge in [0.1, 0.15) is 0 Å². The van der Waals surface area contributed by atoms with E-state index >= 15 is 0 Å². The summed E-state index contributed by atoms with van der Waals surface area (Å²) < 4.78 is 5.21. The van der Waals surface area contributed by atoms with E-state index in [4.69, 9.17) is 4.74 Å². The average molecular weight is 264 g/mol. The second-order valence-corrected chi connectivity index (χ2v) is 4.65. The first-order valence-corrected chi connectivity index (χ1v) is 7.34. The van der Waals surface area contributed by atoms with E-state index in [1.54, 1.807) is 7.11 Å². The minimum absolute atomic E-state index is 0.429. The van der Waals surface area contributed by atoms with E-state index in [-0.39, 0.29) is 0 Å². The average Bonchev–Trinajstić information content (AvgIpc) is 2.46. The lowest BCUT2D eigenvalue weighted by Crippen LogP contribution is -2.30. The first-order valence-electron chi connectivity index (χ1n) is 7.34. The third kappa shape index (κ3) is 4.51. The molecule has 0 amide bonds. The normalized spacial score (nSPS) is 12.4. The maximum atomic E-state index is 5.21. The Morgan fingerprint density at radius 1 is 1.21 bits per heavy atom. The fourth-order valence-electron chi connectivity index (χ4n) is 2.44. The number of nitrogens with one attached hydrogen (secondary N) is 1. The molecule has 0 radical (unpaired) electrons. The quantitative estimate of drug-likeness (QED) is 0.741. The molecule has 0 saturated carbocycles. The van der Waals surface area contributed by atoms with Crippen LogP contribution in [0.1, 0.15) is 38.8 Å². The van der Waals surface area contributed by atoms with Gasteiger partial charge in [-0.25, -0.2) is 0 Å². The minimum Gasteiger partial charge on any atom is -0.383 e. The summed E-state index contributed by atoms with van der Waals surface area (Å²) >= 11 is 0. The van der Waals surface area contributed by atoms with Gasteiger partial charge in [-0.1, -0.05) is 32.0 Å². The second-order valence-electron chi connectivity index (χ2n) is 4.65. The molecule has 3 heteroatoms. The molecule has 1 N–H and O–H groups in total. The van der Waals surface area contributed by atoms with Gasteiger partial charge in [0.15, 0.2) is 0 Å². The number of likely N-dealkylation sites (N-methyl/N-ethyl adjacent to an activating group) is 1.